The van der Waals surface area contributed by atoms with Crippen LogP contribution in [-0.2, 0) is 0 Å². The summed E-state index contributed by atoms with van der Waals surface area (Å²) in [6, 6.07) is 7.18. The van der Waals surface area contributed by atoms with E-state index >= 15 is 0 Å². The molecule has 1 N–H and O–H groups in total. The molecule has 1 aliphatic rings. The highest BCUT2D eigenvalue weighted by Gasteiger charge is 2.24. The van der Waals surface area contributed by atoms with Crippen molar-refractivity contribution in [2.75, 3.05) is 38.0 Å². The van der Waals surface area contributed by atoms with Crippen LogP contribution in [0.25, 0.3) is 0 Å². The highest BCUT2D eigenvalue weighted by molar-refractivity contribution is 6.30. The molecule has 21 heavy (non-hydrogen) atoms. The maximum Gasteiger partial charge on any atom is 0.321 e. The zero-order valence-electron chi connectivity index (χ0n) is 13.0. The molecule has 0 aromatic heterocycles. The number of nitrogens with zero attached hydrogens (tertiary/aromatic N) is 2. The third-order valence-corrected chi connectivity index (χ3v) is 3.67. The Morgan fingerprint density at radius 1 is 1.24 bits per heavy atom. The van der Waals surface area contributed by atoms with Gasteiger partial charge in [-0.25, -0.2) is 4.79 Å². The average Bonchev–Trinajstić information content (AvgIpc) is 2.37. The zero-order chi connectivity index (χ0) is 15.5. The van der Waals surface area contributed by atoms with E-state index in [1.165, 1.54) is 0 Å². The van der Waals surface area contributed by atoms with Crippen molar-refractivity contribution in [3.63, 3.8) is 0 Å². The molecular formula is C16H24ClN3O. The van der Waals surface area contributed by atoms with Gasteiger partial charge in [0.15, 0.2) is 0 Å². The second kappa shape index (κ2) is 6.67. The van der Waals surface area contributed by atoms with Gasteiger partial charge in [0.25, 0.3) is 0 Å². The van der Waals surface area contributed by atoms with Gasteiger partial charge in [0, 0.05) is 43.4 Å². The molecule has 2 rings (SSSR count). The lowest BCUT2D eigenvalue weighted by molar-refractivity contribution is 0.118. The van der Waals surface area contributed by atoms with E-state index in [9.17, 15) is 4.79 Å². The highest BCUT2D eigenvalue weighted by Crippen LogP contribution is 2.18. The number of carbonyl (C=O) groups is 1. The van der Waals surface area contributed by atoms with Gasteiger partial charge in [-0.2, -0.15) is 0 Å². The predicted octanol–water partition coefficient (Wildman–Crippen LogP) is 3.54. The van der Waals surface area contributed by atoms with Gasteiger partial charge in [-0.1, -0.05) is 38.4 Å². The predicted molar refractivity (Wildman–Crippen MR) is 87.9 cm³/mol. The Balaban J connectivity index is 1.83. The number of piperazine rings is 1. The van der Waals surface area contributed by atoms with E-state index in [0.717, 1.165) is 38.4 Å². The minimum absolute atomic E-state index is 0.0484. The Labute approximate surface area is 132 Å². The molecule has 0 spiro atoms. The van der Waals surface area contributed by atoms with Crippen molar-refractivity contribution in [3.8, 4) is 0 Å². The lowest BCUT2D eigenvalue weighted by Gasteiger charge is -2.37. The first-order valence-corrected chi connectivity index (χ1v) is 7.75. The summed E-state index contributed by atoms with van der Waals surface area (Å²) in [5.41, 5.74) is 1.04. The van der Waals surface area contributed by atoms with Crippen molar-refractivity contribution in [2.45, 2.75) is 20.8 Å². The van der Waals surface area contributed by atoms with Crippen LogP contribution in [0.4, 0.5) is 10.5 Å². The first kappa shape index (κ1) is 16.1. The smallest absolute Gasteiger partial charge is 0.321 e. The van der Waals surface area contributed by atoms with Gasteiger partial charge in [-0.15, -0.1) is 0 Å². The molecule has 116 valence electrons. The Kier molecular flexibility index (Phi) is 5.12. The fourth-order valence-electron chi connectivity index (χ4n) is 2.55. The van der Waals surface area contributed by atoms with Crippen molar-refractivity contribution in [1.82, 2.24) is 9.80 Å². The summed E-state index contributed by atoms with van der Waals surface area (Å²) in [4.78, 5) is 16.5. The van der Waals surface area contributed by atoms with Gasteiger partial charge < -0.3 is 10.2 Å². The van der Waals surface area contributed by atoms with Crippen molar-refractivity contribution in [2.24, 2.45) is 5.41 Å². The van der Waals surface area contributed by atoms with Crippen molar-refractivity contribution < 1.29 is 4.79 Å². The fourth-order valence-corrected chi connectivity index (χ4v) is 2.74. The quantitative estimate of drug-likeness (QED) is 0.907. The van der Waals surface area contributed by atoms with E-state index in [1.54, 1.807) is 12.1 Å². The summed E-state index contributed by atoms with van der Waals surface area (Å²) in [6.07, 6.45) is 0. The summed E-state index contributed by atoms with van der Waals surface area (Å²) in [7, 11) is 0. The van der Waals surface area contributed by atoms with E-state index in [0.29, 0.717) is 10.4 Å². The molecule has 2 amide bonds. The second-order valence-corrected chi connectivity index (χ2v) is 7.20. The summed E-state index contributed by atoms with van der Waals surface area (Å²) < 4.78 is 0. The molecule has 0 radical (unpaired) electrons. The molecule has 1 aromatic rings. The number of anilines is 1. The summed E-state index contributed by atoms with van der Waals surface area (Å²) in [5, 5.41) is 3.53. The summed E-state index contributed by atoms with van der Waals surface area (Å²) in [6.45, 7) is 11.2. The van der Waals surface area contributed by atoms with Gasteiger partial charge in [0.1, 0.15) is 0 Å². The summed E-state index contributed by atoms with van der Waals surface area (Å²) >= 11 is 5.92. The molecule has 0 saturated carbocycles. The van der Waals surface area contributed by atoms with E-state index in [2.05, 4.69) is 31.0 Å². The largest absolute Gasteiger partial charge is 0.322 e. The van der Waals surface area contributed by atoms with Crippen LogP contribution in [0.3, 0.4) is 0 Å². The normalized spacial score (nSPS) is 16.9. The number of nitrogens with one attached hydrogen (secondary N) is 1. The van der Waals surface area contributed by atoms with Crippen LogP contribution in [0.2, 0.25) is 5.02 Å². The van der Waals surface area contributed by atoms with Gasteiger partial charge >= 0.3 is 6.03 Å². The lowest BCUT2D eigenvalue weighted by Crippen LogP contribution is -2.51. The van der Waals surface area contributed by atoms with Crippen LogP contribution >= 0.6 is 11.6 Å². The number of halogens is 1. The summed E-state index contributed by atoms with van der Waals surface area (Å²) in [5.74, 6) is 0. The Hall–Kier alpha value is -1.26. The molecular weight excluding hydrogens is 286 g/mol. The van der Waals surface area contributed by atoms with Crippen molar-refractivity contribution in [3.05, 3.63) is 29.3 Å². The third kappa shape index (κ3) is 5.21. The van der Waals surface area contributed by atoms with E-state index in [1.807, 2.05) is 17.0 Å². The minimum atomic E-state index is -0.0484. The SMILES string of the molecule is CC(C)(C)CN1CCN(C(=O)Nc2cccc(Cl)c2)CC1. The molecule has 0 bridgehead atoms. The zero-order valence-corrected chi connectivity index (χ0v) is 13.8. The monoisotopic (exact) mass is 309 g/mol. The molecule has 5 heteroatoms. The fraction of sp³-hybridized carbons (Fsp3) is 0.562. The maximum atomic E-state index is 12.2. The lowest BCUT2D eigenvalue weighted by atomic mass is 9.96. The van der Waals surface area contributed by atoms with Crippen molar-refractivity contribution in [1.29, 1.82) is 0 Å². The number of benzene rings is 1. The molecule has 1 saturated heterocycles. The van der Waals surface area contributed by atoms with E-state index in [-0.39, 0.29) is 6.03 Å². The standard InChI is InChI=1S/C16H24ClN3O/c1-16(2,3)12-19-7-9-20(10-8-19)15(21)18-14-6-4-5-13(17)11-14/h4-6,11H,7-10,12H2,1-3H3,(H,18,21). The Morgan fingerprint density at radius 3 is 2.48 bits per heavy atom. The number of rotatable bonds is 2. The second-order valence-electron chi connectivity index (χ2n) is 6.76. The van der Waals surface area contributed by atoms with Crippen molar-refractivity contribution >= 4 is 23.3 Å². The molecule has 4 nitrogen and oxygen atoms in total. The highest BCUT2D eigenvalue weighted by atomic mass is 35.5. The minimum Gasteiger partial charge on any atom is -0.322 e. The number of carbonyl (C=O) groups excluding carboxylic acids is 1. The van der Waals surface area contributed by atoms with Gasteiger partial charge in [-0.05, 0) is 23.6 Å². The topological polar surface area (TPSA) is 35.6 Å². The van der Waals surface area contributed by atoms with Crippen LogP contribution in [0, 0.1) is 5.41 Å². The molecule has 1 aliphatic heterocycles. The maximum absolute atomic E-state index is 12.2. The number of hydrogen-bond acceptors (Lipinski definition) is 2. The van der Waals surface area contributed by atoms with Crippen LogP contribution in [0.1, 0.15) is 20.8 Å². The first-order chi connectivity index (χ1) is 9.83. The van der Waals surface area contributed by atoms with Crippen LogP contribution in [0.15, 0.2) is 24.3 Å². The molecule has 0 atom stereocenters. The number of amides is 2. The van der Waals surface area contributed by atoms with Gasteiger partial charge in [0.2, 0.25) is 0 Å². The van der Waals surface area contributed by atoms with Gasteiger partial charge in [0.05, 0.1) is 0 Å². The Morgan fingerprint density at radius 2 is 1.90 bits per heavy atom. The Bertz CT molecular complexity index is 491. The molecule has 0 aliphatic carbocycles. The molecule has 1 fully saturated rings. The van der Waals surface area contributed by atoms with Crippen LogP contribution in [0.5, 0.6) is 0 Å². The number of hydrogen-bond donors (Lipinski definition) is 1. The third-order valence-electron chi connectivity index (χ3n) is 3.43. The number of urea groups is 1. The van der Waals surface area contributed by atoms with Crippen LogP contribution < -0.4 is 5.32 Å². The first-order valence-electron chi connectivity index (χ1n) is 7.37. The molecule has 1 heterocycles. The van der Waals surface area contributed by atoms with E-state index in [4.69, 9.17) is 11.6 Å². The molecule has 0 unspecified atom stereocenters. The average molecular weight is 310 g/mol. The van der Waals surface area contributed by atoms with E-state index < -0.39 is 0 Å². The van der Waals surface area contributed by atoms with Crippen LogP contribution in [-0.4, -0.2) is 48.6 Å². The molecule has 1 aromatic carbocycles. The van der Waals surface area contributed by atoms with Gasteiger partial charge in [-0.3, -0.25) is 4.90 Å².